The molecule has 0 saturated carbocycles. The third-order valence-electron chi connectivity index (χ3n) is 3.23. The van der Waals surface area contributed by atoms with Crippen LogP contribution in [0.15, 0.2) is 54.6 Å². The van der Waals surface area contributed by atoms with Gasteiger partial charge in [-0.1, -0.05) is 42.5 Å². The molecule has 0 aliphatic heterocycles. The van der Waals surface area contributed by atoms with E-state index in [1.807, 2.05) is 19.1 Å². The van der Waals surface area contributed by atoms with Gasteiger partial charge in [0.25, 0.3) is 0 Å². The van der Waals surface area contributed by atoms with Gasteiger partial charge in [0.15, 0.2) is 24.2 Å². The molecule has 0 unspecified atom stereocenters. The lowest BCUT2D eigenvalue weighted by Crippen LogP contribution is -2.27. The van der Waals surface area contributed by atoms with Crippen LogP contribution < -0.4 is 9.47 Å². The number of ether oxygens (including phenoxy) is 3. The van der Waals surface area contributed by atoms with E-state index in [1.165, 1.54) is 0 Å². The summed E-state index contributed by atoms with van der Waals surface area (Å²) in [5.41, 5.74) is 0.500. The zero-order chi connectivity index (χ0) is 17.4. The minimum atomic E-state index is -0.870. The maximum absolute atomic E-state index is 12.2. The summed E-state index contributed by atoms with van der Waals surface area (Å²) in [6.07, 6.45) is -0.870. The molecule has 0 fully saturated rings. The van der Waals surface area contributed by atoms with Crippen LogP contribution in [0.5, 0.6) is 11.5 Å². The molecule has 0 saturated heterocycles. The fourth-order valence-corrected chi connectivity index (χ4v) is 2.10. The number of hydrogen-bond donors (Lipinski definition) is 0. The summed E-state index contributed by atoms with van der Waals surface area (Å²) < 4.78 is 16.0. The van der Waals surface area contributed by atoms with Crippen LogP contribution in [0.4, 0.5) is 0 Å². The number of rotatable bonds is 8. The minimum absolute atomic E-state index is 0.251. The molecule has 5 heteroatoms. The van der Waals surface area contributed by atoms with Crippen LogP contribution in [0.25, 0.3) is 0 Å². The van der Waals surface area contributed by atoms with Gasteiger partial charge in [0.2, 0.25) is 5.78 Å². The van der Waals surface area contributed by atoms with Crippen molar-refractivity contribution >= 4 is 11.8 Å². The molecule has 2 aromatic carbocycles. The van der Waals surface area contributed by atoms with Gasteiger partial charge < -0.3 is 14.2 Å². The van der Waals surface area contributed by atoms with Gasteiger partial charge in [-0.15, -0.1) is 0 Å². The Kier molecular flexibility index (Phi) is 6.37. The molecule has 0 amide bonds. The molecule has 0 radical (unpaired) electrons. The second kappa shape index (κ2) is 8.72. The lowest BCUT2D eigenvalue weighted by Gasteiger charge is -2.14. The molecular formula is C19H20O5. The van der Waals surface area contributed by atoms with E-state index in [1.54, 1.807) is 49.4 Å². The second-order valence-electron chi connectivity index (χ2n) is 5.03. The first-order valence-corrected chi connectivity index (χ1v) is 7.75. The summed E-state index contributed by atoms with van der Waals surface area (Å²) in [4.78, 5) is 24.0. The van der Waals surface area contributed by atoms with Crippen molar-refractivity contribution in [3.8, 4) is 11.5 Å². The predicted molar refractivity (Wildman–Crippen MR) is 89.4 cm³/mol. The second-order valence-corrected chi connectivity index (χ2v) is 5.03. The maximum Gasteiger partial charge on any atom is 0.344 e. The van der Waals surface area contributed by atoms with Crippen molar-refractivity contribution in [2.45, 2.75) is 20.0 Å². The minimum Gasteiger partial charge on any atom is -0.490 e. The smallest absolute Gasteiger partial charge is 0.344 e. The molecule has 2 aromatic rings. The lowest BCUT2D eigenvalue weighted by molar-refractivity contribution is -0.148. The van der Waals surface area contributed by atoms with Gasteiger partial charge in [-0.25, -0.2) is 4.79 Å². The number of benzene rings is 2. The first-order chi connectivity index (χ1) is 11.6. The zero-order valence-electron chi connectivity index (χ0n) is 13.7. The van der Waals surface area contributed by atoms with Crippen LogP contribution in [-0.4, -0.2) is 31.1 Å². The van der Waals surface area contributed by atoms with Crippen molar-refractivity contribution in [2.75, 3.05) is 13.2 Å². The van der Waals surface area contributed by atoms with Crippen LogP contribution in [0.1, 0.15) is 24.2 Å². The Morgan fingerprint density at radius 2 is 1.50 bits per heavy atom. The summed E-state index contributed by atoms with van der Waals surface area (Å²) in [5.74, 6) is 0.149. The molecule has 126 valence electrons. The molecule has 0 heterocycles. The van der Waals surface area contributed by atoms with Crippen molar-refractivity contribution in [1.82, 2.24) is 0 Å². The van der Waals surface area contributed by atoms with E-state index in [9.17, 15) is 9.59 Å². The van der Waals surface area contributed by atoms with E-state index in [0.717, 1.165) is 0 Å². The third kappa shape index (κ3) is 4.84. The van der Waals surface area contributed by atoms with E-state index in [2.05, 4.69) is 0 Å². The Morgan fingerprint density at radius 1 is 0.917 bits per heavy atom. The number of carbonyl (C=O) groups is 2. The topological polar surface area (TPSA) is 61.8 Å². The molecule has 24 heavy (non-hydrogen) atoms. The van der Waals surface area contributed by atoms with Crippen molar-refractivity contribution in [1.29, 1.82) is 0 Å². The molecular weight excluding hydrogens is 308 g/mol. The number of hydrogen-bond acceptors (Lipinski definition) is 5. The Hall–Kier alpha value is -2.82. The zero-order valence-corrected chi connectivity index (χ0v) is 13.7. The van der Waals surface area contributed by atoms with E-state index in [-0.39, 0.29) is 12.4 Å². The number of Topliss-reactive ketones (excluding diaryl/α,β-unsaturated/α-hetero) is 1. The van der Waals surface area contributed by atoms with Crippen molar-refractivity contribution in [3.05, 3.63) is 60.2 Å². The van der Waals surface area contributed by atoms with Gasteiger partial charge in [-0.3, -0.25) is 4.79 Å². The molecule has 0 aliphatic rings. The number of carbonyl (C=O) groups excluding carboxylic acids is 2. The Morgan fingerprint density at radius 3 is 2.12 bits per heavy atom. The molecule has 2 rings (SSSR count). The fraction of sp³-hybridized carbons (Fsp3) is 0.263. The van der Waals surface area contributed by atoms with Crippen LogP contribution in [0.3, 0.4) is 0 Å². The van der Waals surface area contributed by atoms with Gasteiger partial charge in [0.05, 0.1) is 6.61 Å². The van der Waals surface area contributed by atoms with E-state index < -0.39 is 12.1 Å². The van der Waals surface area contributed by atoms with Gasteiger partial charge >= 0.3 is 5.97 Å². The highest BCUT2D eigenvalue weighted by atomic mass is 16.6. The highest BCUT2D eigenvalue weighted by Gasteiger charge is 2.19. The number of esters is 1. The van der Waals surface area contributed by atoms with Crippen LogP contribution in [0.2, 0.25) is 0 Å². The predicted octanol–water partition coefficient (Wildman–Crippen LogP) is 3.28. The molecule has 0 aromatic heterocycles. The quantitative estimate of drug-likeness (QED) is 0.550. The molecule has 5 nitrogen and oxygen atoms in total. The summed E-state index contributed by atoms with van der Waals surface area (Å²) >= 11 is 0. The molecule has 0 aliphatic carbocycles. The summed E-state index contributed by atoms with van der Waals surface area (Å²) in [7, 11) is 0. The highest BCUT2D eigenvalue weighted by Crippen LogP contribution is 2.26. The van der Waals surface area contributed by atoms with Crippen molar-refractivity contribution < 1.29 is 23.8 Å². The third-order valence-corrected chi connectivity index (χ3v) is 3.23. The highest BCUT2D eigenvalue weighted by molar-refractivity contribution is 6.00. The van der Waals surface area contributed by atoms with Gasteiger partial charge in [0.1, 0.15) is 0 Å². The number of para-hydroxylation sites is 2. The lowest BCUT2D eigenvalue weighted by atomic mass is 10.1. The molecule has 0 N–H and O–H groups in total. The van der Waals surface area contributed by atoms with E-state index >= 15 is 0 Å². The molecule has 0 spiro atoms. The summed E-state index contributed by atoms with van der Waals surface area (Å²) in [6.45, 7) is 3.60. The Balaban J connectivity index is 1.88. The monoisotopic (exact) mass is 328 g/mol. The molecule has 0 bridgehead atoms. The fourth-order valence-electron chi connectivity index (χ4n) is 2.10. The van der Waals surface area contributed by atoms with Gasteiger partial charge in [-0.05, 0) is 26.0 Å². The standard InChI is InChI=1S/C19H20O5/c1-3-22-16-11-7-8-12-17(16)23-13-18(20)24-14(2)19(21)15-9-5-4-6-10-15/h4-12,14H,3,13H2,1-2H3/t14-/m0/s1. The van der Waals surface area contributed by atoms with E-state index in [4.69, 9.17) is 14.2 Å². The average molecular weight is 328 g/mol. The van der Waals surface area contributed by atoms with E-state index in [0.29, 0.717) is 23.7 Å². The number of ketones is 1. The Labute approximate surface area is 141 Å². The SMILES string of the molecule is CCOc1ccccc1OCC(=O)O[C@@H](C)C(=O)c1ccccc1. The van der Waals surface area contributed by atoms with Crippen molar-refractivity contribution in [2.24, 2.45) is 0 Å². The molecule has 1 atom stereocenters. The van der Waals surface area contributed by atoms with Gasteiger partial charge in [0, 0.05) is 5.56 Å². The van der Waals surface area contributed by atoms with Crippen LogP contribution in [-0.2, 0) is 9.53 Å². The Bertz CT molecular complexity index is 681. The maximum atomic E-state index is 12.2. The first kappa shape index (κ1) is 17.5. The normalized spacial score (nSPS) is 11.4. The van der Waals surface area contributed by atoms with Gasteiger partial charge in [-0.2, -0.15) is 0 Å². The van der Waals surface area contributed by atoms with Crippen LogP contribution >= 0.6 is 0 Å². The van der Waals surface area contributed by atoms with Crippen molar-refractivity contribution in [3.63, 3.8) is 0 Å². The summed E-state index contributed by atoms with van der Waals surface area (Å²) in [6, 6.07) is 15.8. The average Bonchev–Trinajstić information content (AvgIpc) is 2.61. The van der Waals surface area contributed by atoms with Crippen LogP contribution in [0, 0.1) is 0 Å². The first-order valence-electron chi connectivity index (χ1n) is 7.75. The summed E-state index contributed by atoms with van der Waals surface area (Å²) in [5, 5.41) is 0. The largest absolute Gasteiger partial charge is 0.490 e.